The highest BCUT2D eigenvalue weighted by Gasteiger charge is 2.15. The SMILES string of the molecule is C=C/C(=C(C)\C=C/C)c1ccc(-c2nc(-c3cccc(OCC(N)=O)c3)no2)cc1COC. The van der Waals surface area contributed by atoms with Gasteiger partial charge in [-0.05, 0) is 60.4 Å². The molecule has 170 valence electrons. The van der Waals surface area contributed by atoms with Crippen molar-refractivity contribution in [3.8, 4) is 28.6 Å². The van der Waals surface area contributed by atoms with Crippen LogP contribution in [0.4, 0.5) is 0 Å². The molecule has 1 amide bonds. The van der Waals surface area contributed by atoms with Crippen molar-refractivity contribution in [1.29, 1.82) is 0 Å². The van der Waals surface area contributed by atoms with Gasteiger partial charge in [-0.15, -0.1) is 0 Å². The molecular formula is C26H27N3O4. The maximum Gasteiger partial charge on any atom is 0.258 e. The number of hydrogen-bond acceptors (Lipinski definition) is 6. The second kappa shape index (κ2) is 11.1. The maximum atomic E-state index is 11.0. The Morgan fingerprint density at radius 2 is 2.03 bits per heavy atom. The van der Waals surface area contributed by atoms with Crippen LogP contribution in [0.5, 0.6) is 5.75 Å². The van der Waals surface area contributed by atoms with Crippen LogP contribution < -0.4 is 10.5 Å². The Hall–Kier alpha value is -3.97. The number of allylic oxidation sites excluding steroid dienone is 5. The highest BCUT2D eigenvalue weighted by atomic mass is 16.5. The van der Waals surface area contributed by atoms with Gasteiger partial charge in [0.05, 0.1) is 6.61 Å². The number of primary amides is 1. The maximum absolute atomic E-state index is 11.0. The fourth-order valence-corrected chi connectivity index (χ4v) is 3.42. The van der Waals surface area contributed by atoms with Gasteiger partial charge in [0.25, 0.3) is 11.8 Å². The van der Waals surface area contributed by atoms with E-state index in [-0.39, 0.29) is 6.61 Å². The smallest absolute Gasteiger partial charge is 0.258 e. The predicted molar refractivity (Wildman–Crippen MR) is 128 cm³/mol. The van der Waals surface area contributed by atoms with Gasteiger partial charge in [0.15, 0.2) is 6.61 Å². The second-order valence-electron chi connectivity index (χ2n) is 7.31. The van der Waals surface area contributed by atoms with Gasteiger partial charge in [-0.1, -0.05) is 48.2 Å². The van der Waals surface area contributed by atoms with E-state index < -0.39 is 5.91 Å². The third-order valence-electron chi connectivity index (χ3n) is 4.89. The van der Waals surface area contributed by atoms with Gasteiger partial charge in [0.1, 0.15) is 5.75 Å². The molecule has 0 radical (unpaired) electrons. The molecule has 3 aromatic rings. The Kier molecular flexibility index (Phi) is 7.94. The van der Waals surface area contributed by atoms with Crippen molar-refractivity contribution in [2.24, 2.45) is 5.73 Å². The number of ether oxygens (including phenoxy) is 2. The summed E-state index contributed by atoms with van der Waals surface area (Å²) in [6.07, 6.45) is 5.89. The highest BCUT2D eigenvalue weighted by Crippen LogP contribution is 2.30. The molecule has 7 heteroatoms. The first-order valence-corrected chi connectivity index (χ1v) is 10.4. The van der Waals surface area contributed by atoms with Gasteiger partial charge < -0.3 is 19.7 Å². The van der Waals surface area contributed by atoms with Gasteiger partial charge in [0.2, 0.25) is 5.82 Å². The monoisotopic (exact) mass is 445 g/mol. The minimum atomic E-state index is -0.548. The zero-order valence-corrected chi connectivity index (χ0v) is 19.0. The lowest BCUT2D eigenvalue weighted by atomic mass is 9.94. The molecule has 0 saturated heterocycles. The molecule has 0 saturated carbocycles. The van der Waals surface area contributed by atoms with E-state index in [1.165, 1.54) is 0 Å². The predicted octanol–water partition coefficient (Wildman–Crippen LogP) is 4.95. The average molecular weight is 446 g/mol. The molecule has 1 heterocycles. The van der Waals surface area contributed by atoms with Gasteiger partial charge in [-0.3, -0.25) is 4.79 Å². The number of nitrogens with two attached hydrogens (primary N) is 1. The van der Waals surface area contributed by atoms with Crippen molar-refractivity contribution in [2.45, 2.75) is 20.5 Å². The Bertz CT molecular complexity index is 1210. The molecule has 1 aromatic heterocycles. The summed E-state index contributed by atoms with van der Waals surface area (Å²) in [4.78, 5) is 15.5. The van der Waals surface area contributed by atoms with Crippen molar-refractivity contribution in [2.75, 3.05) is 13.7 Å². The molecule has 0 atom stereocenters. The van der Waals surface area contributed by atoms with E-state index in [0.29, 0.717) is 29.6 Å². The van der Waals surface area contributed by atoms with E-state index in [1.807, 2.05) is 56.3 Å². The molecule has 0 fully saturated rings. The second-order valence-corrected chi connectivity index (χ2v) is 7.31. The van der Waals surface area contributed by atoms with Crippen LogP contribution in [0.2, 0.25) is 0 Å². The summed E-state index contributed by atoms with van der Waals surface area (Å²) in [7, 11) is 1.66. The lowest BCUT2D eigenvalue weighted by molar-refractivity contribution is -0.119. The standard InChI is InChI=1S/C26H27N3O4/c1-5-8-17(3)22(6-2)23-12-11-19(13-20(23)15-31-4)26-28-25(29-33-26)18-9-7-10-21(14-18)32-16-24(27)30/h5-14H,2,15-16H2,1,3-4H3,(H2,27,30)/b8-5-,22-17+. The average Bonchev–Trinajstić information content (AvgIpc) is 3.30. The zero-order valence-electron chi connectivity index (χ0n) is 19.0. The molecule has 0 aliphatic rings. The Morgan fingerprint density at radius 3 is 2.73 bits per heavy atom. The van der Waals surface area contributed by atoms with Crippen molar-refractivity contribution in [3.63, 3.8) is 0 Å². The molecule has 0 aliphatic carbocycles. The van der Waals surface area contributed by atoms with Crippen molar-refractivity contribution >= 4 is 11.5 Å². The number of hydrogen-bond donors (Lipinski definition) is 1. The largest absolute Gasteiger partial charge is 0.484 e. The van der Waals surface area contributed by atoms with Crippen LogP contribution in [0, 0.1) is 0 Å². The van der Waals surface area contributed by atoms with Crippen LogP contribution in [-0.4, -0.2) is 29.8 Å². The third-order valence-corrected chi connectivity index (χ3v) is 4.89. The summed E-state index contributed by atoms with van der Waals surface area (Å²) in [5.74, 6) is 0.728. The number of rotatable bonds is 10. The number of amides is 1. The molecule has 0 unspecified atom stereocenters. The molecule has 33 heavy (non-hydrogen) atoms. The Balaban J connectivity index is 1.95. The molecular weight excluding hydrogens is 418 g/mol. The van der Waals surface area contributed by atoms with Crippen molar-refractivity contribution in [3.05, 3.63) is 84.0 Å². The van der Waals surface area contributed by atoms with Crippen LogP contribution in [-0.2, 0) is 16.1 Å². The van der Waals surface area contributed by atoms with E-state index in [9.17, 15) is 4.79 Å². The third kappa shape index (κ3) is 5.84. The topological polar surface area (TPSA) is 100 Å². The summed E-state index contributed by atoms with van der Waals surface area (Å²) in [6.45, 7) is 8.23. The van der Waals surface area contributed by atoms with Crippen LogP contribution in [0.3, 0.4) is 0 Å². The van der Waals surface area contributed by atoms with E-state index in [4.69, 9.17) is 19.7 Å². The summed E-state index contributed by atoms with van der Waals surface area (Å²) < 4.78 is 16.3. The van der Waals surface area contributed by atoms with Gasteiger partial charge in [-0.25, -0.2) is 0 Å². The van der Waals surface area contributed by atoms with E-state index in [1.54, 1.807) is 25.3 Å². The number of aromatic nitrogens is 2. The zero-order chi connectivity index (χ0) is 23.8. The fourth-order valence-electron chi connectivity index (χ4n) is 3.42. The fraction of sp³-hybridized carbons (Fsp3) is 0.192. The molecule has 0 spiro atoms. The summed E-state index contributed by atoms with van der Waals surface area (Å²) in [6, 6.07) is 13.0. The van der Waals surface area contributed by atoms with Crippen LogP contribution in [0.15, 0.2) is 77.4 Å². The van der Waals surface area contributed by atoms with Gasteiger partial charge in [-0.2, -0.15) is 4.98 Å². The van der Waals surface area contributed by atoms with Crippen LogP contribution in [0.1, 0.15) is 25.0 Å². The number of carbonyl (C=O) groups excluding carboxylic acids is 1. The van der Waals surface area contributed by atoms with E-state index in [0.717, 1.165) is 27.8 Å². The Labute approximate surface area is 193 Å². The van der Waals surface area contributed by atoms with E-state index in [2.05, 4.69) is 16.7 Å². The number of benzene rings is 2. The Morgan fingerprint density at radius 1 is 1.21 bits per heavy atom. The number of carbonyl (C=O) groups is 1. The molecule has 0 bridgehead atoms. The van der Waals surface area contributed by atoms with Crippen molar-refractivity contribution in [1.82, 2.24) is 10.1 Å². The summed E-state index contributed by atoms with van der Waals surface area (Å²) >= 11 is 0. The van der Waals surface area contributed by atoms with Gasteiger partial charge in [0, 0.05) is 18.2 Å². The number of methoxy groups -OCH3 is 1. The minimum absolute atomic E-state index is 0.204. The van der Waals surface area contributed by atoms with Crippen molar-refractivity contribution < 1.29 is 18.8 Å². The molecule has 3 rings (SSSR count). The van der Waals surface area contributed by atoms with E-state index >= 15 is 0 Å². The quantitative estimate of drug-likeness (QED) is 0.443. The van der Waals surface area contributed by atoms with Crippen LogP contribution in [0.25, 0.3) is 28.4 Å². The van der Waals surface area contributed by atoms with Crippen LogP contribution >= 0.6 is 0 Å². The number of nitrogens with zero attached hydrogens (tertiary/aromatic N) is 2. The highest BCUT2D eigenvalue weighted by molar-refractivity contribution is 5.80. The molecule has 0 aliphatic heterocycles. The first-order chi connectivity index (χ1) is 16.0. The first kappa shape index (κ1) is 23.7. The summed E-state index contributed by atoms with van der Waals surface area (Å²) in [5.41, 5.74) is 10.8. The lowest BCUT2D eigenvalue weighted by Crippen LogP contribution is -2.19. The summed E-state index contributed by atoms with van der Waals surface area (Å²) in [5, 5.41) is 4.10. The normalized spacial score (nSPS) is 12.0. The minimum Gasteiger partial charge on any atom is -0.484 e. The lowest BCUT2D eigenvalue weighted by Gasteiger charge is -2.13. The molecule has 2 N–H and O–H groups in total. The van der Waals surface area contributed by atoms with Gasteiger partial charge >= 0.3 is 0 Å². The molecule has 2 aromatic carbocycles. The molecule has 7 nitrogen and oxygen atoms in total. The first-order valence-electron chi connectivity index (χ1n) is 10.4.